The first kappa shape index (κ1) is 19.5. The van der Waals surface area contributed by atoms with E-state index in [0.29, 0.717) is 24.0 Å². The minimum Gasteiger partial charge on any atom is -0.496 e. The first-order chi connectivity index (χ1) is 13.7. The number of rotatable bonds is 8. The van der Waals surface area contributed by atoms with Crippen molar-refractivity contribution in [3.63, 3.8) is 0 Å². The fourth-order valence-corrected chi connectivity index (χ4v) is 2.80. The van der Waals surface area contributed by atoms with E-state index in [1.165, 1.54) is 11.1 Å². The molecule has 3 N–H and O–H groups in total. The number of nitrogens with one attached hydrogen (secondary N) is 3. The molecule has 2 heterocycles. The van der Waals surface area contributed by atoms with Crippen molar-refractivity contribution in [2.45, 2.75) is 26.8 Å². The number of aliphatic imine (C=N–C) groups is 1. The fourth-order valence-electron chi connectivity index (χ4n) is 2.80. The van der Waals surface area contributed by atoms with E-state index < -0.39 is 0 Å². The van der Waals surface area contributed by atoms with Crippen LogP contribution in [-0.2, 0) is 13.0 Å². The summed E-state index contributed by atoms with van der Waals surface area (Å²) < 4.78 is 10.7. The van der Waals surface area contributed by atoms with Crippen LogP contribution in [0.3, 0.4) is 0 Å². The lowest BCUT2D eigenvalue weighted by molar-refractivity contribution is 0.409. The van der Waals surface area contributed by atoms with E-state index in [2.05, 4.69) is 49.9 Å². The highest BCUT2D eigenvalue weighted by Gasteiger charge is 2.08. The molecule has 3 rings (SSSR count). The van der Waals surface area contributed by atoms with Gasteiger partial charge in [0, 0.05) is 13.1 Å². The molecule has 0 bridgehead atoms. The molecule has 1 aromatic carbocycles. The van der Waals surface area contributed by atoms with Crippen LogP contribution in [0.4, 0.5) is 0 Å². The number of aromatic amines is 1. The lowest BCUT2D eigenvalue weighted by atomic mass is 10.1. The van der Waals surface area contributed by atoms with Crippen LogP contribution in [-0.4, -0.2) is 41.3 Å². The zero-order chi connectivity index (χ0) is 19.8. The molecule has 0 amide bonds. The van der Waals surface area contributed by atoms with E-state index in [-0.39, 0.29) is 0 Å². The number of aromatic nitrogens is 3. The summed E-state index contributed by atoms with van der Waals surface area (Å²) in [4.78, 5) is 8.97. The molecule has 0 spiro atoms. The summed E-state index contributed by atoms with van der Waals surface area (Å²) in [7, 11) is 1.70. The monoisotopic (exact) mass is 382 g/mol. The summed E-state index contributed by atoms with van der Waals surface area (Å²) >= 11 is 0. The average molecular weight is 382 g/mol. The molecule has 0 atom stereocenters. The largest absolute Gasteiger partial charge is 0.496 e. The van der Waals surface area contributed by atoms with Crippen molar-refractivity contribution in [3.05, 3.63) is 53.5 Å². The molecule has 28 heavy (non-hydrogen) atoms. The molecule has 3 aromatic rings. The van der Waals surface area contributed by atoms with Gasteiger partial charge < -0.3 is 19.8 Å². The number of hydrogen-bond donors (Lipinski definition) is 3. The smallest absolute Gasteiger partial charge is 0.216 e. The zero-order valence-electron chi connectivity index (χ0n) is 16.5. The van der Waals surface area contributed by atoms with E-state index >= 15 is 0 Å². The van der Waals surface area contributed by atoms with Gasteiger partial charge >= 0.3 is 0 Å². The van der Waals surface area contributed by atoms with Gasteiger partial charge in [-0.25, -0.2) is 9.98 Å². The van der Waals surface area contributed by atoms with Crippen LogP contribution in [0.1, 0.15) is 23.9 Å². The molecule has 0 aliphatic rings. The van der Waals surface area contributed by atoms with Gasteiger partial charge in [-0.15, -0.1) is 5.10 Å². The molecule has 8 nitrogen and oxygen atoms in total. The Bertz CT molecular complexity index is 901. The predicted molar refractivity (Wildman–Crippen MR) is 108 cm³/mol. The Labute approximate surface area is 164 Å². The summed E-state index contributed by atoms with van der Waals surface area (Å²) in [6.07, 6.45) is 2.43. The number of hydrogen-bond acceptors (Lipinski definition) is 5. The Hall–Kier alpha value is -3.29. The first-order valence-electron chi connectivity index (χ1n) is 9.30. The maximum absolute atomic E-state index is 5.44. The molecule has 0 unspecified atom stereocenters. The van der Waals surface area contributed by atoms with E-state index in [9.17, 15) is 0 Å². The van der Waals surface area contributed by atoms with E-state index in [4.69, 9.17) is 9.15 Å². The molecule has 0 aliphatic heterocycles. The Morgan fingerprint density at radius 1 is 1.29 bits per heavy atom. The third-order valence-electron chi connectivity index (χ3n) is 4.13. The highest BCUT2D eigenvalue weighted by molar-refractivity contribution is 5.79. The van der Waals surface area contributed by atoms with Crippen molar-refractivity contribution >= 4 is 5.96 Å². The Kier molecular flexibility index (Phi) is 6.67. The number of benzene rings is 1. The van der Waals surface area contributed by atoms with Gasteiger partial charge in [0.15, 0.2) is 11.7 Å². The minimum absolute atomic E-state index is 0.386. The van der Waals surface area contributed by atoms with Crippen molar-refractivity contribution in [2.24, 2.45) is 4.99 Å². The lowest BCUT2D eigenvalue weighted by Gasteiger charge is -2.13. The van der Waals surface area contributed by atoms with Gasteiger partial charge in [0.2, 0.25) is 5.82 Å². The van der Waals surface area contributed by atoms with Gasteiger partial charge in [0.05, 0.1) is 13.4 Å². The van der Waals surface area contributed by atoms with Crippen LogP contribution in [0.25, 0.3) is 11.6 Å². The van der Waals surface area contributed by atoms with E-state index in [0.717, 1.165) is 31.2 Å². The fraction of sp³-hybridized carbons (Fsp3) is 0.350. The Morgan fingerprint density at radius 2 is 2.18 bits per heavy atom. The van der Waals surface area contributed by atoms with Crippen LogP contribution in [0.15, 0.2) is 46.0 Å². The predicted octanol–water partition coefficient (Wildman–Crippen LogP) is 2.68. The van der Waals surface area contributed by atoms with Crippen molar-refractivity contribution in [3.8, 4) is 17.3 Å². The van der Waals surface area contributed by atoms with Gasteiger partial charge in [0.25, 0.3) is 0 Å². The second-order valence-electron chi connectivity index (χ2n) is 6.27. The topological polar surface area (TPSA) is 100 Å². The molecule has 0 radical (unpaired) electrons. The average Bonchev–Trinajstić information content (AvgIpc) is 3.38. The van der Waals surface area contributed by atoms with Gasteiger partial charge in [-0.1, -0.05) is 17.7 Å². The van der Waals surface area contributed by atoms with Crippen LogP contribution in [0.5, 0.6) is 5.75 Å². The summed E-state index contributed by atoms with van der Waals surface area (Å²) in [5.74, 6) is 3.46. The summed E-state index contributed by atoms with van der Waals surface area (Å²) in [5, 5.41) is 13.6. The second-order valence-corrected chi connectivity index (χ2v) is 6.27. The van der Waals surface area contributed by atoms with Crippen molar-refractivity contribution in [1.29, 1.82) is 0 Å². The number of guanidine groups is 1. The normalized spacial score (nSPS) is 11.5. The van der Waals surface area contributed by atoms with Crippen molar-refractivity contribution in [2.75, 3.05) is 20.2 Å². The van der Waals surface area contributed by atoms with E-state index in [1.807, 2.05) is 19.1 Å². The molecule has 0 saturated carbocycles. The summed E-state index contributed by atoms with van der Waals surface area (Å²) in [6, 6.07) is 9.83. The number of methoxy groups -OCH3 is 1. The molecule has 0 saturated heterocycles. The second kappa shape index (κ2) is 9.59. The Balaban J connectivity index is 1.58. The Morgan fingerprint density at radius 3 is 2.93 bits per heavy atom. The number of ether oxygens (including phenoxy) is 1. The zero-order valence-corrected chi connectivity index (χ0v) is 16.5. The lowest BCUT2D eigenvalue weighted by Crippen LogP contribution is -2.38. The highest BCUT2D eigenvalue weighted by atomic mass is 16.5. The molecular formula is C20H26N6O2. The van der Waals surface area contributed by atoms with Crippen molar-refractivity contribution < 1.29 is 9.15 Å². The van der Waals surface area contributed by atoms with Crippen LogP contribution in [0.2, 0.25) is 0 Å². The number of furan rings is 1. The maximum atomic E-state index is 5.44. The standard InChI is InChI=1S/C20H26N6O2/c1-4-21-20(22-10-9-15-12-14(2)7-8-16(15)27-3)23-13-18-24-19(26-25-18)17-6-5-11-28-17/h5-8,11-12H,4,9-10,13H2,1-3H3,(H2,21,22,23)(H,24,25,26). The number of H-pyrrole nitrogens is 1. The van der Waals surface area contributed by atoms with Gasteiger partial charge in [0.1, 0.15) is 18.1 Å². The first-order valence-corrected chi connectivity index (χ1v) is 9.30. The molecule has 148 valence electrons. The maximum Gasteiger partial charge on any atom is 0.216 e. The summed E-state index contributed by atoms with van der Waals surface area (Å²) in [5.41, 5.74) is 2.39. The molecular weight excluding hydrogens is 356 g/mol. The molecule has 2 aromatic heterocycles. The molecule has 0 aliphatic carbocycles. The van der Waals surface area contributed by atoms with E-state index in [1.54, 1.807) is 19.4 Å². The molecule has 0 fully saturated rings. The number of aryl methyl sites for hydroxylation is 1. The summed E-state index contributed by atoms with van der Waals surface area (Å²) in [6.45, 7) is 6.00. The quantitative estimate of drug-likeness (QED) is 0.409. The van der Waals surface area contributed by atoms with Crippen LogP contribution < -0.4 is 15.4 Å². The number of nitrogens with zero attached hydrogens (tertiary/aromatic N) is 3. The van der Waals surface area contributed by atoms with Gasteiger partial charge in [-0.3, -0.25) is 5.10 Å². The highest BCUT2D eigenvalue weighted by Crippen LogP contribution is 2.19. The minimum atomic E-state index is 0.386. The van der Waals surface area contributed by atoms with Gasteiger partial charge in [-0.2, -0.15) is 0 Å². The molecule has 8 heteroatoms. The van der Waals surface area contributed by atoms with Crippen LogP contribution in [0, 0.1) is 6.92 Å². The van der Waals surface area contributed by atoms with Crippen LogP contribution >= 0.6 is 0 Å². The SMILES string of the molecule is CCNC(=NCc1nc(-c2ccco2)n[nH]1)NCCc1cc(C)ccc1OC. The third-order valence-corrected chi connectivity index (χ3v) is 4.13. The van der Waals surface area contributed by atoms with Gasteiger partial charge in [-0.05, 0) is 44.0 Å². The van der Waals surface area contributed by atoms with Crippen molar-refractivity contribution in [1.82, 2.24) is 25.8 Å². The third kappa shape index (κ3) is 5.12.